The van der Waals surface area contributed by atoms with Crippen LogP contribution >= 0.6 is 0 Å². The van der Waals surface area contributed by atoms with Crippen molar-refractivity contribution in [1.29, 1.82) is 0 Å². The van der Waals surface area contributed by atoms with E-state index < -0.39 is 0 Å². The summed E-state index contributed by atoms with van der Waals surface area (Å²) in [5.74, 6) is 0.530. The van der Waals surface area contributed by atoms with Crippen LogP contribution in [0.5, 0.6) is 0 Å². The Hall–Kier alpha value is -2.01. The van der Waals surface area contributed by atoms with Gasteiger partial charge in [0, 0.05) is 18.2 Å². The van der Waals surface area contributed by atoms with Gasteiger partial charge in [-0.25, -0.2) is 4.39 Å². The largest absolute Gasteiger partial charge is 0.395 e. The highest BCUT2D eigenvalue weighted by molar-refractivity contribution is 5.59. The third-order valence-electron chi connectivity index (χ3n) is 3.94. The van der Waals surface area contributed by atoms with E-state index in [2.05, 4.69) is 15.1 Å². The lowest BCUT2D eigenvalue weighted by Gasteiger charge is -2.37. The van der Waals surface area contributed by atoms with Gasteiger partial charge in [0.2, 0.25) is 0 Å². The Labute approximate surface area is 123 Å². The number of nitrogens with zero attached hydrogens (tertiary/aromatic N) is 3. The van der Waals surface area contributed by atoms with Crippen molar-refractivity contribution >= 4 is 5.82 Å². The predicted octanol–water partition coefficient (Wildman–Crippen LogP) is 2.63. The second-order valence-corrected chi connectivity index (χ2v) is 5.29. The molecule has 4 nitrogen and oxygen atoms in total. The first-order chi connectivity index (χ1) is 10.3. The predicted molar refractivity (Wildman–Crippen MR) is 79.5 cm³/mol. The summed E-state index contributed by atoms with van der Waals surface area (Å²) in [5, 5.41) is 17.7. The van der Waals surface area contributed by atoms with Crippen molar-refractivity contribution in [2.75, 3.05) is 18.1 Å². The van der Waals surface area contributed by atoms with Gasteiger partial charge in [0.25, 0.3) is 0 Å². The number of aliphatic hydroxyl groups excluding tert-OH is 1. The summed E-state index contributed by atoms with van der Waals surface area (Å²) in [6.07, 6.45) is 3.51. The molecule has 1 heterocycles. The highest BCUT2D eigenvalue weighted by Gasteiger charge is 2.25. The molecular formula is C16H18FN3O. The van der Waals surface area contributed by atoms with Gasteiger partial charge in [0.05, 0.1) is 12.3 Å². The molecule has 1 aliphatic carbocycles. The van der Waals surface area contributed by atoms with Gasteiger partial charge in [0.1, 0.15) is 5.82 Å². The molecule has 3 rings (SSSR count). The number of anilines is 1. The van der Waals surface area contributed by atoms with E-state index in [1.807, 2.05) is 12.1 Å². The first-order valence-electron chi connectivity index (χ1n) is 7.25. The van der Waals surface area contributed by atoms with Crippen molar-refractivity contribution in [3.63, 3.8) is 0 Å². The molecule has 0 radical (unpaired) electrons. The quantitative estimate of drug-likeness (QED) is 0.918. The Morgan fingerprint density at radius 1 is 1.10 bits per heavy atom. The van der Waals surface area contributed by atoms with Crippen LogP contribution < -0.4 is 4.90 Å². The molecule has 0 spiro atoms. The van der Waals surface area contributed by atoms with E-state index in [0.29, 0.717) is 12.6 Å². The summed E-state index contributed by atoms with van der Waals surface area (Å²) in [5.41, 5.74) is 1.56. The number of hydrogen-bond acceptors (Lipinski definition) is 4. The molecule has 110 valence electrons. The lowest BCUT2D eigenvalue weighted by molar-refractivity contribution is 0.282. The molecule has 1 saturated carbocycles. The minimum Gasteiger partial charge on any atom is -0.395 e. The lowest BCUT2D eigenvalue weighted by atomic mass is 9.91. The van der Waals surface area contributed by atoms with Gasteiger partial charge in [-0.15, -0.1) is 10.2 Å². The molecule has 21 heavy (non-hydrogen) atoms. The van der Waals surface area contributed by atoms with Crippen molar-refractivity contribution in [3.8, 4) is 11.3 Å². The lowest BCUT2D eigenvalue weighted by Crippen LogP contribution is -2.42. The normalized spacial score (nSPS) is 14.8. The minimum atomic E-state index is -0.262. The summed E-state index contributed by atoms with van der Waals surface area (Å²) >= 11 is 0. The molecule has 1 aromatic carbocycles. The maximum atomic E-state index is 12.9. The maximum Gasteiger partial charge on any atom is 0.151 e. The van der Waals surface area contributed by atoms with E-state index in [1.54, 1.807) is 12.1 Å². The van der Waals surface area contributed by atoms with Gasteiger partial charge in [-0.3, -0.25) is 0 Å². The van der Waals surface area contributed by atoms with Crippen molar-refractivity contribution in [1.82, 2.24) is 10.2 Å². The van der Waals surface area contributed by atoms with Gasteiger partial charge in [-0.1, -0.05) is 0 Å². The molecule has 2 aromatic rings. The summed E-state index contributed by atoms with van der Waals surface area (Å²) in [7, 11) is 0. The van der Waals surface area contributed by atoms with E-state index in [4.69, 9.17) is 0 Å². The topological polar surface area (TPSA) is 49.2 Å². The summed E-state index contributed by atoms with van der Waals surface area (Å²) < 4.78 is 12.9. The average Bonchev–Trinajstić information content (AvgIpc) is 2.46. The highest BCUT2D eigenvalue weighted by Crippen LogP contribution is 2.28. The average molecular weight is 287 g/mol. The summed E-state index contributed by atoms with van der Waals surface area (Å²) in [4.78, 5) is 2.12. The fraction of sp³-hybridized carbons (Fsp3) is 0.375. The van der Waals surface area contributed by atoms with Crippen LogP contribution in [0, 0.1) is 5.82 Å². The number of halogens is 1. The molecular weight excluding hydrogens is 269 g/mol. The zero-order chi connectivity index (χ0) is 14.7. The van der Waals surface area contributed by atoms with Crippen molar-refractivity contribution in [2.24, 2.45) is 0 Å². The Morgan fingerprint density at radius 3 is 2.38 bits per heavy atom. The van der Waals surface area contributed by atoms with E-state index in [1.165, 1.54) is 18.6 Å². The molecule has 0 bridgehead atoms. The van der Waals surface area contributed by atoms with E-state index in [9.17, 15) is 9.50 Å². The molecule has 0 aliphatic heterocycles. The van der Waals surface area contributed by atoms with Crippen LogP contribution in [0.25, 0.3) is 11.3 Å². The zero-order valence-electron chi connectivity index (χ0n) is 11.7. The zero-order valence-corrected chi connectivity index (χ0v) is 11.7. The van der Waals surface area contributed by atoms with Crippen LogP contribution in [0.1, 0.15) is 19.3 Å². The van der Waals surface area contributed by atoms with E-state index in [-0.39, 0.29) is 12.4 Å². The second kappa shape index (κ2) is 6.18. The molecule has 0 atom stereocenters. The highest BCUT2D eigenvalue weighted by atomic mass is 19.1. The molecule has 1 N–H and O–H groups in total. The Bertz CT molecular complexity index is 581. The standard InChI is InChI=1S/C16H18FN3O/c17-13-6-4-12(5-7-13)15-8-9-16(19-18-15)20(10-11-21)14-2-1-3-14/h4-9,14,21H,1-3,10-11H2. The number of aromatic nitrogens is 2. The number of rotatable bonds is 5. The van der Waals surface area contributed by atoms with Gasteiger partial charge < -0.3 is 10.0 Å². The van der Waals surface area contributed by atoms with Crippen LogP contribution in [-0.2, 0) is 0 Å². The smallest absolute Gasteiger partial charge is 0.151 e. The second-order valence-electron chi connectivity index (χ2n) is 5.29. The summed E-state index contributed by atoms with van der Waals surface area (Å²) in [6.45, 7) is 0.688. The first-order valence-corrected chi connectivity index (χ1v) is 7.25. The molecule has 5 heteroatoms. The molecule has 1 aliphatic rings. The fourth-order valence-corrected chi connectivity index (χ4v) is 2.54. The third-order valence-corrected chi connectivity index (χ3v) is 3.94. The van der Waals surface area contributed by atoms with Crippen LogP contribution in [-0.4, -0.2) is 34.5 Å². The van der Waals surface area contributed by atoms with E-state index >= 15 is 0 Å². The molecule has 1 aromatic heterocycles. The van der Waals surface area contributed by atoms with Crippen molar-refractivity contribution in [2.45, 2.75) is 25.3 Å². The number of aliphatic hydroxyl groups is 1. The Balaban J connectivity index is 1.80. The number of hydrogen-bond donors (Lipinski definition) is 1. The SMILES string of the molecule is OCCN(c1ccc(-c2ccc(F)cc2)nn1)C1CCC1. The monoisotopic (exact) mass is 287 g/mol. The molecule has 1 fully saturated rings. The third kappa shape index (κ3) is 3.03. The van der Waals surface area contributed by atoms with Gasteiger partial charge in [0.15, 0.2) is 5.82 Å². The van der Waals surface area contributed by atoms with Gasteiger partial charge >= 0.3 is 0 Å². The Morgan fingerprint density at radius 2 is 1.86 bits per heavy atom. The first kappa shape index (κ1) is 13.9. The van der Waals surface area contributed by atoms with Crippen LogP contribution in [0.3, 0.4) is 0 Å². The van der Waals surface area contributed by atoms with Gasteiger partial charge in [-0.05, 0) is 55.7 Å². The molecule has 0 unspecified atom stereocenters. The molecule has 0 amide bonds. The maximum absolute atomic E-state index is 12.9. The van der Waals surface area contributed by atoms with Crippen LogP contribution in [0.4, 0.5) is 10.2 Å². The van der Waals surface area contributed by atoms with Crippen molar-refractivity contribution in [3.05, 3.63) is 42.2 Å². The molecule has 0 saturated heterocycles. The van der Waals surface area contributed by atoms with Crippen molar-refractivity contribution < 1.29 is 9.50 Å². The summed E-state index contributed by atoms with van der Waals surface area (Å²) in [6, 6.07) is 10.5. The van der Waals surface area contributed by atoms with E-state index in [0.717, 1.165) is 29.9 Å². The van der Waals surface area contributed by atoms with Crippen LogP contribution in [0.2, 0.25) is 0 Å². The minimum absolute atomic E-state index is 0.109. The Kier molecular flexibility index (Phi) is 4.10. The van der Waals surface area contributed by atoms with Crippen LogP contribution in [0.15, 0.2) is 36.4 Å². The fourth-order valence-electron chi connectivity index (χ4n) is 2.54. The van der Waals surface area contributed by atoms with Gasteiger partial charge in [-0.2, -0.15) is 0 Å². The number of benzene rings is 1.